The highest BCUT2D eigenvalue weighted by Gasteiger charge is 1.97. The Morgan fingerprint density at radius 2 is 1.80 bits per heavy atom. The molecule has 15 heavy (non-hydrogen) atoms. The molecule has 3 nitrogen and oxygen atoms in total. The summed E-state index contributed by atoms with van der Waals surface area (Å²) in [4.78, 5) is 21.2. The van der Waals surface area contributed by atoms with Gasteiger partial charge in [0.2, 0.25) is 0 Å². The topological polar surface area (TPSA) is 46.2 Å². The lowest BCUT2D eigenvalue weighted by molar-refractivity contribution is 0.112. The van der Waals surface area contributed by atoms with Crippen molar-refractivity contribution in [3.8, 4) is 11.8 Å². The van der Waals surface area contributed by atoms with Crippen LogP contribution in [0.1, 0.15) is 26.3 Å². The second-order valence-electron chi connectivity index (χ2n) is 2.96. The van der Waals surface area contributed by atoms with Gasteiger partial charge in [0.1, 0.15) is 12.6 Å². The number of hydrogen-bond acceptors (Lipinski definition) is 3. The fourth-order valence-electron chi connectivity index (χ4n) is 1.12. The molecule has 76 valence electrons. The predicted molar refractivity (Wildman–Crippen MR) is 58.0 cm³/mol. The van der Waals surface area contributed by atoms with Gasteiger partial charge in [0, 0.05) is 16.7 Å². The van der Waals surface area contributed by atoms with Crippen molar-refractivity contribution in [3.63, 3.8) is 0 Å². The Balaban J connectivity index is 3.03. The number of rotatable bonds is 3. The van der Waals surface area contributed by atoms with Gasteiger partial charge in [-0.05, 0) is 25.2 Å². The summed E-state index contributed by atoms with van der Waals surface area (Å²) in [5.41, 5.74) is 1.61. The molecule has 0 radical (unpaired) electrons. The van der Waals surface area contributed by atoms with Crippen molar-refractivity contribution in [1.82, 2.24) is 5.32 Å². The third kappa shape index (κ3) is 3.37. The molecular weight excluding hydrogens is 190 g/mol. The first-order chi connectivity index (χ1) is 7.30. The van der Waals surface area contributed by atoms with E-state index in [4.69, 9.17) is 0 Å². The third-order valence-corrected chi connectivity index (χ3v) is 1.75. The van der Waals surface area contributed by atoms with Crippen LogP contribution < -0.4 is 5.32 Å². The highest BCUT2D eigenvalue weighted by atomic mass is 16.1. The zero-order chi connectivity index (χ0) is 11.1. The molecule has 0 atom stereocenters. The van der Waals surface area contributed by atoms with Crippen LogP contribution in [0.15, 0.2) is 18.2 Å². The van der Waals surface area contributed by atoms with Crippen LogP contribution in [0, 0.1) is 11.8 Å². The quantitative estimate of drug-likeness (QED) is 0.583. The summed E-state index contributed by atoms with van der Waals surface area (Å²) in [6, 6.07) is 4.84. The van der Waals surface area contributed by atoms with Gasteiger partial charge in [-0.2, -0.15) is 0 Å². The molecule has 0 bridgehead atoms. The SMILES string of the molecule is CNCC#Cc1cc(C=O)cc(C=O)c1. The lowest BCUT2D eigenvalue weighted by Crippen LogP contribution is -2.04. The maximum absolute atomic E-state index is 10.6. The van der Waals surface area contributed by atoms with Crippen molar-refractivity contribution in [2.24, 2.45) is 0 Å². The largest absolute Gasteiger partial charge is 0.309 e. The average Bonchev–Trinajstić information content (AvgIpc) is 2.29. The zero-order valence-electron chi connectivity index (χ0n) is 8.41. The van der Waals surface area contributed by atoms with Crippen LogP contribution in [-0.4, -0.2) is 26.2 Å². The van der Waals surface area contributed by atoms with Crippen LogP contribution in [0.5, 0.6) is 0 Å². The summed E-state index contributed by atoms with van der Waals surface area (Å²) in [5, 5.41) is 2.88. The summed E-state index contributed by atoms with van der Waals surface area (Å²) in [6.45, 7) is 0.571. The van der Waals surface area contributed by atoms with E-state index in [0.29, 0.717) is 35.8 Å². The van der Waals surface area contributed by atoms with E-state index in [1.54, 1.807) is 19.2 Å². The second kappa shape index (κ2) is 5.74. The third-order valence-electron chi connectivity index (χ3n) is 1.75. The molecule has 0 fully saturated rings. The lowest BCUT2D eigenvalue weighted by atomic mass is 10.1. The first kappa shape index (κ1) is 11.2. The number of benzene rings is 1. The van der Waals surface area contributed by atoms with Crippen molar-refractivity contribution in [3.05, 3.63) is 34.9 Å². The van der Waals surface area contributed by atoms with Gasteiger partial charge in [0.25, 0.3) is 0 Å². The standard InChI is InChI=1S/C12H11NO2/c1-13-4-2-3-10-5-11(8-14)7-12(6-10)9-15/h5-9,13H,4H2,1H3. The van der Waals surface area contributed by atoms with E-state index in [1.165, 1.54) is 6.07 Å². The van der Waals surface area contributed by atoms with Gasteiger partial charge in [-0.1, -0.05) is 11.8 Å². The summed E-state index contributed by atoms with van der Waals surface area (Å²) in [5.74, 6) is 5.73. The fraction of sp³-hybridized carbons (Fsp3) is 0.167. The average molecular weight is 201 g/mol. The molecule has 0 saturated carbocycles. The highest BCUT2D eigenvalue weighted by Crippen LogP contribution is 2.06. The normalized spacial score (nSPS) is 8.87. The minimum absolute atomic E-state index is 0.466. The molecule has 3 heteroatoms. The Morgan fingerprint density at radius 3 is 2.27 bits per heavy atom. The van der Waals surface area contributed by atoms with Crippen LogP contribution >= 0.6 is 0 Å². The van der Waals surface area contributed by atoms with Crippen LogP contribution in [0.25, 0.3) is 0 Å². The van der Waals surface area contributed by atoms with Gasteiger partial charge < -0.3 is 5.32 Å². The van der Waals surface area contributed by atoms with Gasteiger partial charge in [0.15, 0.2) is 0 Å². The summed E-state index contributed by atoms with van der Waals surface area (Å²) in [7, 11) is 1.80. The van der Waals surface area contributed by atoms with E-state index in [0.717, 1.165) is 0 Å². The summed E-state index contributed by atoms with van der Waals surface area (Å²) in [6.07, 6.45) is 1.41. The Labute approximate surface area is 88.5 Å². The van der Waals surface area contributed by atoms with Crippen LogP contribution in [0.2, 0.25) is 0 Å². The number of hydrogen-bond donors (Lipinski definition) is 1. The summed E-state index contributed by atoms with van der Waals surface area (Å²) < 4.78 is 0. The molecule has 0 aliphatic carbocycles. The summed E-state index contributed by atoms with van der Waals surface area (Å²) >= 11 is 0. The molecule has 1 N–H and O–H groups in total. The minimum Gasteiger partial charge on any atom is -0.309 e. The first-order valence-electron chi connectivity index (χ1n) is 4.49. The number of aldehydes is 2. The monoisotopic (exact) mass is 201 g/mol. The van der Waals surface area contributed by atoms with Gasteiger partial charge >= 0.3 is 0 Å². The van der Waals surface area contributed by atoms with Gasteiger partial charge in [-0.3, -0.25) is 9.59 Å². The van der Waals surface area contributed by atoms with E-state index in [9.17, 15) is 9.59 Å². The van der Waals surface area contributed by atoms with E-state index < -0.39 is 0 Å². The molecule has 0 amide bonds. The van der Waals surface area contributed by atoms with Crippen LogP contribution in [0.3, 0.4) is 0 Å². The van der Waals surface area contributed by atoms with Crippen LogP contribution in [-0.2, 0) is 0 Å². The Bertz CT molecular complexity index is 401. The van der Waals surface area contributed by atoms with Crippen molar-refractivity contribution in [2.45, 2.75) is 0 Å². The zero-order valence-corrected chi connectivity index (χ0v) is 8.41. The molecule has 0 unspecified atom stereocenters. The maximum Gasteiger partial charge on any atom is 0.150 e. The Kier molecular flexibility index (Phi) is 4.27. The molecule has 1 aromatic carbocycles. The molecule has 0 saturated heterocycles. The Hall–Kier alpha value is -1.92. The number of carbonyl (C=O) groups is 2. The molecule has 0 spiro atoms. The highest BCUT2D eigenvalue weighted by molar-refractivity contribution is 5.83. The smallest absolute Gasteiger partial charge is 0.150 e. The van der Waals surface area contributed by atoms with E-state index in [-0.39, 0.29) is 0 Å². The van der Waals surface area contributed by atoms with Crippen molar-refractivity contribution < 1.29 is 9.59 Å². The van der Waals surface area contributed by atoms with E-state index in [1.807, 2.05) is 0 Å². The molecule has 0 aliphatic heterocycles. The molecule has 0 aliphatic rings. The Morgan fingerprint density at radius 1 is 1.20 bits per heavy atom. The van der Waals surface area contributed by atoms with E-state index in [2.05, 4.69) is 17.2 Å². The molecular formula is C12H11NO2. The first-order valence-corrected chi connectivity index (χ1v) is 4.49. The van der Waals surface area contributed by atoms with Gasteiger partial charge in [-0.15, -0.1) is 0 Å². The second-order valence-corrected chi connectivity index (χ2v) is 2.96. The van der Waals surface area contributed by atoms with Crippen molar-refractivity contribution in [1.29, 1.82) is 0 Å². The van der Waals surface area contributed by atoms with E-state index >= 15 is 0 Å². The number of nitrogens with one attached hydrogen (secondary N) is 1. The van der Waals surface area contributed by atoms with Crippen LogP contribution in [0.4, 0.5) is 0 Å². The number of carbonyl (C=O) groups excluding carboxylic acids is 2. The molecule has 1 aromatic rings. The molecule has 0 heterocycles. The van der Waals surface area contributed by atoms with Gasteiger partial charge in [0.05, 0.1) is 6.54 Å². The van der Waals surface area contributed by atoms with Crippen molar-refractivity contribution in [2.75, 3.05) is 13.6 Å². The predicted octanol–water partition coefficient (Wildman–Crippen LogP) is 0.883. The maximum atomic E-state index is 10.6. The lowest BCUT2D eigenvalue weighted by Gasteiger charge is -1.95. The molecule has 0 aromatic heterocycles. The molecule has 1 rings (SSSR count). The fourth-order valence-corrected chi connectivity index (χ4v) is 1.12. The van der Waals surface area contributed by atoms with Gasteiger partial charge in [-0.25, -0.2) is 0 Å². The minimum atomic E-state index is 0.466. The van der Waals surface area contributed by atoms with Crippen molar-refractivity contribution >= 4 is 12.6 Å².